The quantitative estimate of drug-likeness (QED) is 0.124. The van der Waals surface area contributed by atoms with Crippen molar-refractivity contribution in [3.8, 4) is 33.6 Å². The number of ketones is 1. The van der Waals surface area contributed by atoms with Crippen LogP contribution in [-0.2, 0) is 10.2 Å². The molecule has 0 saturated heterocycles. The second-order valence-electron chi connectivity index (χ2n) is 13.9. The van der Waals surface area contributed by atoms with Gasteiger partial charge in [-0.2, -0.15) is 4.57 Å². The summed E-state index contributed by atoms with van der Waals surface area (Å²) in [6, 6.07) is 50.4. The van der Waals surface area contributed by atoms with Crippen LogP contribution in [0.3, 0.4) is 0 Å². The minimum atomic E-state index is -0.226. The van der Waals surface area contributed by atoms with E-state index in [1.165, 1.54) is 11.3 Å². The molecule has 2 aliphatic rings. The van der Waals surface area contributed by atoms with Gasteiger partial charge in [0.25, 0.3) is 0 Å². The van der Waals surface area contributed by atoms with E-state index in [1.54, 1.807) is 0 Å². The standard InChI is InChI=1S/C48H37Br2N2O/c1-48(2)42-16-10-11-17-43(42)51(3)46(48)27-22-36-28-40(31-41(47(36)53)33-14-8-5-9-15-33)52-44(34-18-23-38(49)24-19-34)29-37(32-12-6-4-7-13-32)30-45(52)35-20-25-39(50)26-21-35/h4-31H,1-3H3/q+1/b36-22-,46-27-. The van der Waals surface area contributed by atoms with E-state index in [9.17, 15) is 4.79 Å². The van der Waals surface area contributed by atoms with Crippen molar-refractivity contribution in [2.24, 2.45) is 0 Å². The Bertz CT molecular complexity index is 2430. The smallest absolute Gasteiger partial charge is 0.219 e. The lowest BCUT2D eigenvalue weighted by Gasteiger charge is -2.24. The van der Waals surface area contributed by atoms with Gasteiger partial charge in [0.15, 0.2) is 5.78 Å². The fourth-order valence-electron chi connectivity index (χ4n) is 7.53. The van der Waals surface area contributed by atoms with E-state index in [0.717, 1.165) is 59.5 Å². The number of likely N-dealkylation sites (N-methyl/N-ethyl adjacent to an activating group) is 1. The molecule has 0 saturated carbocycles. The van der Waals surface area contributed by atoms with Gasteiger partial charge in [0.05, 0.1) is 0 Å². The van der Waals surface area contributed by atoms with E-state index in [0.29, 0.717) is 11.1 Å². The minimum Gasteiger partial charge on any atom is -0.347 e. The van der Waals surface area contributed by atoms with Crippen LogP contribution >= 0.6 is 31.9 Å². The predicted molar refractivity (Wildman–Crippen MR) is 226 cm³/mol. The lowest BCUT2D eigenvalue weighted by atomic mass is 9.83. The van der Waals surface area contributed by atoms with Gasteiger partial charge in [0, 0.05) is 79.4 Å². The van der Waals surface area contributed by atoms with Crippen LogP contribution in [0.2, 0.25) is 0 Å². The third-order valence-corrected chi connectivity index (χ3v) is 11.3. The molecule has 1 aliphatic carbocycles. The summed E-state index contributed by atoms with van der Waals surface area (Å²) in [5.41, 5.74) is 12.8. The summed E-state index contributed by atoms with van der Waals surface area (Å²) in [6.07, 6.45) is 8.24. The zero-order valence-corrected chi connectivity index (χ0v) is 32.9. The van der Waals surface area contributed by atoms with Gasteiger partial charge in [-0.25, -0.2) is 0 Å². The van der Waals surface area contributed by atoms with Crippen molar-refractivity contribution < 1.29 is 9.36 Å². The first kappa shape index (κ1) is 34.7. The molecule has 5 aromatic carbocycles. The molecule has 0 spiro atoms. The molecule has 6 aromatic rings. The molecular weight excluding hydrogens is 780 g/mol. The van der Waals surface area contributed by atoms with Crippen LogP contribution in [0.4, 0.5) is 5.69 Å². The molecule has 0 radical (unpaired) electrons. The maximum atomic E-state index is 14.5. The monoisotopic (exact) mass is 815 g/mol. The van der Waals surface area contributed by atoms with Crippen LogP contribution in [0, 0.1) is 0 Å². The third kappa shape index (κ3) is 6.60. The zero-order chi connectivity index (χ0) is 36.7. The first-order valence-electron chi connectivity index (χ1n) is 17.7. The zero-order valence-electron chi connectivity index (χ0n) is 29.7. The number of anilines is 1. The highest BCUT2D eigenvalue weighted by molar-refractivity contribution is 9.10. The van der Waals surface area contributed by atoms with Gasteiger partial charge in [-0.1, -0.05) is 125 Å². The van der Waals surface area contributed by atoms with Crippen LogP contribution in [0.1, 0.15) is 25.0 Å². The fraction of sp³-hybridized carbons (Fsp3) is 0.0833. The molecule has 8 rings (SSSR count). The number of para-hydroxylation sites is 1. The number of carbonyl (C=O) groups is 1. The number of nitrogens with zero attached hydrogens (tertiary/aromatic N) is 2. The molecule has 2 heterocycles. The summed E-state index contributed by atoms with van der Waals surface area (Å²) >= 11 is 7.30. The number of hydrogen-bond acceptors (Lipinski definition) is 2. The highest BCUT2D eigenvalue weighted by atomic mass is 79.9. The molecule has 258 valence electrons. The minimum absolute atomic E-state index is 0.00957. The second kappa shape index (κ2) is 14.2. The topological polar surface area (TPSA) is 24.2 Å². The number of hydrogen-bond donors (Lipinski definition) is 0. The second-order valence-corrected chi connectivity index (χ2v) is 15.8. The van der Waals surface area contributed by atoms with E-state index in [2.05, 4.69) is 184 Å². The number of benzene rings is 5. The summed E-state index contributed by atoms with van der Waals surface area (Å²) in [5.74, 6) is -0.00957. The van der Waals surface area contributed by atoms with E-state index in [1.807, 2.05) is 48.6 Å². The summed E-state index contributed by atoms with van der Waals surface area (Å²) in [5, 5.41) is 0. The first-order chi connectivity index (χ1) is 25.7. The number of Topliss-reactive ketones (excluding diaryl/α,β-unsaturated/α-hetero) is 1. The number of halogens is 2. The lowest BCUT2D eigenvalue weighted by Crippen LogP contribution is -2.38. The summed E-state index contributed by atoms with van der Waals surface area (Å²) < 4.78 is 4.32. The number of fused-ring (bicyclic) bond motifs is 1. The summed E-state index contributed by atoms with van der Waals surface area (Å²) in [7, 11) is 2.11. The number of aromatic nitrogens is 1. The van der Waals surface area contributed by atoms with E-state index in [4.69, 9.17) is 0 Å². The van der Waals surface area contributed by atoms with Crippen molar-refractivity contribution in [1.29, 1.82) is 0 Å². The van der Waals surface area contributed by atoms with Crippen molar-refractivity contribution in [1.82, 2.24) is 0 Å². The Hall–Kier alpha value is -5.36. The molecule has 0 fully saturated rings. The normalized spacial score (nSPS) is 16.5. The SMILES string of the molecule is CN1/C(=C\C=C2\C=C([n+]3c(-c4ccc(Br)cc4)cc(-c4ccccc4)cc3-c3ccc(Br)cc3)C=C(c3ccccc3)C2=O)C(C)(C)c2ccccc21. The molecule has 0 amide bonds. The summed E-state index contributed by atoms with van der Waals surface area (Å²) in [4.78, 5) is 16.8. The predicted octanol–water partition coefficient (Wildman–Crippen LogP) is 12.2. The molecule has 1 aliphatic heterocycles. The Kier molecular flexibility index (Phi) is 9.32. The van der Waals surface area contributed by atoms with E-state index in [-0.39, 0.29) is 11.2 Å². The Morgan fingerprint density at radius 3 is 1.68 bits per heavy atom. The highest BCUT2D eigenvalue weighted by Gasteiger charge is 2.38. The van der Waals surface area contributed by atoms with Crippen LogP contribution in [-0.4, -0.2) is 12.8 Å². The van der Waals surface area contributed by atoms with Gasteiger partial charge in [0.2, 0.25) is 17.1 Å². The number of allylic oxidation sites excluding steroid dienone is 8. The van der Waals surface area contributed by atoms with Gasteiger partial charge in [-0.15, -0.1) is 0 Å². The average molecular weight is 818 g/mol. The van der Waals surface area contributed by atoms with Gasteiger partial charge in [-0.3, -0.25) is 4.79 Å². The lowest BCUT2D eigenvalue weighted by molar-refractivity contribution is -0.554. The third-order valence-electron chi connectivity index (χ3n) is 10.3. The Balaban J connectivity index is 1.41. The maximum absolute atomic E-state index is 14.5. The van der Waals surface area contributed by atoms with Crippen LogP contribution < -0.4 is 9.47 Å². The van der Waals surface area contributed by atoms with Gasteiger partial charge < -0.3 is 4.90 Å². The van der Waals surface area contributed by atoms with Crippen molar-refractivity contribution in [2.75, 3.05) is 11.9 Å². The molecule has 53 heavy (non-hydrogen) atoms. The van der Waals surface area contributed by atoms with Crippen LogP contribution in [0.5, 0.6) is 0 Å². The van der Waals surface area contributed by atoms with E-state index >= 15 is 0 Å². The molecule has 0 unspecified atom stereocenters. The largest absolute Gasteiger partial charge is 0.347 e. The van der Waals surface area contributed by atoms with E-state index < -0.39 is 0 Å². The number of carbonyl (C=O) groups excluding carboxylic acids is 1. The first-order valence-corrected chi connectivity index (χ1v) is 19.2. The molecule has 0 atom stereocenters. The average Bonchev–Trinajstić information content (AvgIpc) is 3.38. The van der Waals surface area contributed by atoms with Crippen molar-refractivity contribution in [3.05, 3.63) is 201 Å². The van der Waals surface area contributed by atoms with Gasteiger partial charge in [0.1, 0.15) is 0 Å². The maximum Gasteiger partial charge on any atom is 0.219 e. The van der Waals surface area contributed by atoms with Crippen molar-refractivity contribution in [3.63, 3.8) is 0 Å². The molecule has 1 aromatic heterocycles. The Morgan fingerprint density at radius 2 is 1.11 bits per heavy atom. The molecule has 5 heteroatoms. The molecular formula is C48H37Br2N2O+. The Labute approximate surface area is 328 Å². The highest BCUT2D eigenvalue weighted by Crippen LogP contribution is 2.47. The number of pyridine rings is 1. The fourth-order valence-corrected chi connectivity index (χ4v) is 8.06. The molecule has 3 nitrogen and oxygen atoms in total. The summed E-state index contributed by atoms with van der Waals surface area (Å²) in [6.45, 7) is 4.50. The van der Waals surface area contributed by atoms with Crippen LogP contribution in [0.15, 0.2) is 190 Å². The van der Waals surface area contributed by atoms with Crippen molar-refractivity contribution >= 4 is 54.6 Å². The van der Waals surface area contributed by atoms with Gasteiger partial charge >= 0.3 is 0 Å². The molecule has 0 bridgehead atoms. The van der Waals surface area contributed by atoms with Crippen molar-refractivity contribution in [2.45, 2.75) is 19.3 Å². The van der Waals surface area contributed by atoms with Crippen LogP contribution in [0.25, 0.3) is 44.9 Å². The van der Waals surface area contributed by atoms with Gasteiger partial charge in [-0.05, 0) is 89.0 Å². The Morgan fingerprint density at radius 1 is 0.585 bits per heavy atom. The molecule has 0 N–H and O–H groups in total. The number of rotatable bonds is 6.